The molecule has 156 valence electrons. The maximum absolute atomic E-state index is 13.1. The zero-order valence-electron chi connectivity index (χ0n) is 16.8. The van der Waals surface area contributed by atoms with Crippen molar-refractivity contribution in [1.82, 2.24) is 9.62 Å². The number of benzene rings is 1. The molecule has 1 saturated heterocycles. The van der Waals surface area contributed by atoms with Crippen LogP contribution in [0.4, 0.5) is 11.4 Å². The number of rotatable bonds is 7. The number of anilines is 1. The van der Waals surface area contributed by atoms with E-state index in [9.17, 15) is 23.3 Å². The molecule has 2 rings (SSSR count). The molecular formula is C18H28N4O5S. The predicted molar refractivity (Wildman–Crippen MR) is 107 cm³/mol. The number of hydrogen-bond donors (Lipinski definition) is 1. The molecule has 0 bridgehead atoms. The minimum atomic E-state index is -3.90. The van der Waals surface area contributed by atoms with Crippen molar-refractivity contribution in [3.8, 4) is 0 Å². The van der Waals surface area contributed by atoms with Gasteiger partial charge in [0, 0.05) is 37.3 Å². The molecule has 10 heteroatoms. The van der Waals surface area contributed by atoms with Crippen molar-refractivity contribution in [2.75, 3.05) is 31.1 Å². The molecule has 28 heavy (non-hydrogen) atoms. The summed E-state index contributed by atoms with van der Waals surface area (Å²) in [7, 11) is -3.90. The van der Waals surface area contributed by atoms with Crippen LogP contribution in [0.1, 0.15) is 40.5 Å². The number of likely N-dealkylation sites (N-methyl/N-ethyl adjacent to an activating group) is 1. The molecule has 0 aliphatic carbocycles. The molecule has 0 saturated carbocycles. The first-order chi connectivity index (χ1) is 13.0. The fraction of sp³-hybridized carbons (Fsp3) is 0.611. The Morgan fingerprint density at radius 3 is 2.39 bits per heavy atom. The number of hydrogen-bond acceptors (Lipinski definition) is 6. The lowest BCUT2D eigenvalue weighted by Gasteiger charge is -2.28. The van der Waals surface area contributed by atoms with E-state index in [4.69, 9.17) is 0 Å². The van der Waals surface area contributed by atoms with E-state index in [1.54, 1.807) is 11.8 Å². The Morgan fingerprint density at radius 2 is 1.89 bits per heavy atom. The van der Waals surface area contributed by atoms with Crippen LogP contribution in [-0.4, -0.2) is 55.3 Å². The van der Waals surface area contributed by atoms with Gasteiger partial charge >= 0.3 is 0 Å². The summed E-state index contributed by atoms with van der Waals surface area (Å²) < 4.78 is 27.6. The van der Waals surface area contributed by atoms with Crippen molar-refractivity contribution in [2.24, 2.45) is 0 Å². The van der Waals surface area contributed by atoms with Crippen LogP contribution < -0.4 is 10.2 Å². The number of carbonyl (C=O) groups is 1. The number of nitro benzene ring substituents is 1. The van der Waals surface area contributed by atoms with Gasteiger partial charge in [-0.1, -0.05) is 0 Å². The normalized spacial score (nSPS) is 15.4. The zero-order valence-corrected chi connectivity index (χ0v) is 17.6. The van der Waals surface area contributed by atoms with Gasteiger partial charge in [0.2, 0.25) is 15.9 Å². The Kier molecular flexibility index (Phi) is 6.66. The van der Waals surface area contributed by atoms with Crippen molar-refractivity contribution < 1.29 is 18.1 Å². The highest BCUT2D eigenvalue weighted by Gasteiger charge is 2.32. The second kappa shape index (κ2) is 8.44. The molecule has 0 spiro atoms. The third-order valence-electron chi connectivity index (χ3n) is 4.41. The van der Waals surface area contributed by atoms with Gasteiger partial charge in [-0.15, -0.1) is 0 Å². The van der Waals surface area contributed by atoms with Gasteiger partial charge in [-0.3, -0.25) is 14.9 Å². The fourth-order valence-corrected chi connectivity index (χ4v) is 4.90. The number of carbonyl (C=O) groups excluding carboxylic acids is 1. The van der Waals surface area contributed by atoms with Gasteiger partial charge in [0.15, 0.2) is 0 Å². The quantitative estimate of drug-likeness (QED) is 0.542. The topological polar surface area (TPSA) is 113 Å². The van der Waals surface area contributed by atoms with E-state index in [2.05, 4.69) is 5.32 Å². The van der Waals surface area contributed by atoms with Gasteiger partial charge in [-0.05, 0) is 46.6 Å². The SMILES string of the molecule is CCN(CC(=O)NC(C)(C)C)c1ccc([N+](=O)[O-])cc1S(=O)(=O)N1CCCC1. The van der Waals surface area contributed by atoms with Gasteiger partial charge < -0.3 is 10.2 Å². The van der Waals surface area contributed by atoms with Crippen molar-refractivity contribution in [3.63, 3.8) is 0 Å². The van der Waals surface area contributed by atoms with Gasteiger partial charge in [0.25, 0.3) is 5.69 Å². The van der Waals surface area contributed by atoms with Crippen molar-refractivity contribution in [3.05, 3.63) is 28.3 Å². The first kappa shape index (κ1) is 22.1. The molecule has 1 heterocycles. The number of non-ortho nitro benzene ring substituents is 1. The highest BCUT2D eigenvalue weighted by molar-refractivity contribution is 7.89. The van der Waals surface area contributed by atoms with Crippen LogP contribution in [0, 0.1) is 10.1 Å². The largest absolute Gasteiger partial charge is 0.361 e. The molecule has 1 aliphatic rings. The molecule has 1 N–H and O–H groups in total. The number of amides is 1. The predicted octanol–water partition coefficient (Wildman–Crippen LogP) is 2.12. The molecule has 1 fully saturated rings. The first-order valence-corrected chi connectivity index (χ1v) is 10.7. The molecular weight excluding hydrogens is 384 g/mol. The van der Waals surface area contributed by atoms with E-state index in [-0.39, 0.29) is 23.0 Å². The van der Waals surface area contributed by atoms with Crippen molar-refractivity contribution in [1.29, 1.82) is 0 Å². The Morgan fingerprint density at radius 1 is 1.29 bits per heavy atom. The van der Waals surface area contributed by atoms with Crippen molar-refractivity contribution >= 4 is 27.3 Å². The third kappa shape index (κ3) is 5.20. The lowest BCUT2D eigenvalue weighted by molar-refractivity contribution is -0.385. The fourth-order valence-electron chi connectivity index (χ4n) is 3.15. The van der Waals surface area contributed by atoms with Crippen LogP contribution in [0.3, 0.4) is 0 Å². The summed E-state index contributed by atoms with van der Waals surface area (Å²) in [5.74, 6) is -0.253. The third-order valence-corrected chi connectivity index (χ3v) is 6.34. The van der Waals surface area contributed by atoms with Crippen LogP contribution >= 0.6 is 0 Å². The number of sulfonamides is 1. The average molecular weight is 413 g/mol. The van der Waals surface area contributed by atoms with Crippen molar-refractivity contribution in [2.45, 2.75) is 51.0 Å². The molecule has 0 aromatic heterocycles. The van der Waals surface area contributed by atoms with Gasteiger partial charge in [0.1, 0.15) is 4.90 Å². The standard InChI is InChI=1S/C18H28N4O5S/c1-5-20(13-17(23)19-18(2,3)4)15-9-8-14(22(24)25)12-16(15)28(26,27)21-10-6-7-11-21/h8-9,12H,5-7,10-11,13H2,1-4H3,(H,19,23). The smallest absolute Gasteiger partial charge is 0.270 e. The van der Waals surface area contributed by atoms with Crippen LogP contribution in [0.2, 0.25) is 0 Å². The zero-order chi connectivity index (χ0) is 21.1. The summed E-state index contributed by atoms with van der Waals surface area (Å²) in [6, 6.07) is 3.77. The summed E-state index contributed by atoms with van der Waals surface area (Å²) in [5.41, 5.74) is -0.419. The van der Waals surface area contributed by atoms with Crippen LogP contribution in [0.5, 0.6) is 0 Å². The van der Waals surface area contributed by atoms with Gasteiger partial charge in [0.05, 0.1) is 17.2 Å². The molecule has 1 aromatic rings. The second-order valence-corrected chi connectivity index (χ2v) is 9.74. The second-order valence-electron chi connectivity index (χ2n) is 7.83. The van der Waals surface area contributed by atoms with E-state index in [0.29, 0.717) is 25.3 Å². The van der Waals surface area contributed by atoms with E-state index in [0.717, 1.165) is 18.9 Å². The number of nitrogens with one attached hydrogen (secondary N) is 1. The van der Waals surface area contributed by atoms with E-state index < -0.39 is 20.5 Å². The van der Waals surface area contributed by atoms with Gasteiger partial charge in [-0.2, -0.15) is 4.31 Å². The molecule has 0 unspecified atom stereocenters. The Hall–Kier alpha value is -2.20. The monoisotopic (exact) mass is 412 g/mol. The van der Waals surface area contributed by atoms with Crippen LogP contribution in [-0.2, 0) is 14.8 Å². The average Bonchev–Trinajstić information content (AvgIpc) is 3.13. The minimum absolute atomic E-state index is 0.0475. The molecule has 9 nitrogen and oxygen atoms in total. The van der Waals surface area contributed by atoms with E-state index in [1.165, 1.54) is 16.4 Å². The van der Waals surface area contributed by atoms with E-state index >= 15 is 0 Å². The maximum atomic E-state index is 13.1. The van der Waals surface area contributed by atoms with E-state index in [1.807, 2.05) is 20.8 Å². The summed E-state index contributed by atoms with van der Waals surface area (Å²) in [6.45, 7) is 8.48. The maximum Gasteiger partial charge on any atom is 0.270 e. The summed E-state index contributed by atoms with van der Waals surface area (Å²) in [4.78, 5) is 24.5. The Bertz CT molecular complexity index is 842. The molecule has 0 atom stereocenters. The lowest BCUT2D eigenvalue weighted by atomic mass is 10.1. The van der Waals surface area contributed by atoms with Gasteiger partial charge in [-0.25, -0.2) is 8.42 Å². The molecule has 0 radical (unpaired) electrons. The summed E-state index contributed by atoms with van der Waals surface area (Å²) >= 11 is 0. The highest BCUT2D eigenvalue weighted by Crippen LogP contribution is 2.33. The first-order valence-electron chi connectivity index (χ1n) is 9.30. The summed E-state index contributed by atoms with van der Waals surface area (Å²) in [5, 5.41) is 14.1. The molecule has 1 amide bonds. The Balaban J connectivity index is 2.46. The number of nitro groups is 1. The minimum Gasteiger partial charge on any atom is -0.361 e. The summed E-state index contributed by atoms with van der Waals surface area (Å²) in [6.07, 6.45) is 1.52. The lowest BCUT2D eigenvalue weighted by Crippen LogP contribution is -2.46. The highest BCUT2D eigenvalue weighted by atomic mass is 32.2. The Labute approximate surface area is 165 Å². The van der Waals surface area contributed by atoms with Crippen LogP contribution in [0.25, 0.3) is 0 Å². The molecule has 1 aliphatic heterocycles. The van der Waals surface area contributed by atoms with Crippen LogP contribution in [0.15, 0.2) is 23.1 Å². The number of nitrogens with zero attached hydrogens (tertiary/aromatic N) is 3. The molecule has 1 aromatic carbocycles.